The minimum absolute atomic E-state index is 0.210. The second kappa shape index (κ2) is 8.36. The average Bonchev–Trinajstić information content (AvgIpc) is 2.43. The van der Waals surface area contributed by atoms with Gasteiger partial charge in [-0.2, -0.15) is 0 Å². The van der Waals surface area contributed by atoms with Gasteiger partial charge in [0.05, 0.1) is 20.6 Å². The quantitative estimate of drug-likeness (QED) is 0.558. The zero-order valence-corrected chi connectivity index (χ0v) is 10.8. The molecule has 1 aromatic carbocycles. The third-order valence-corrected chi connectivity index (χ3v) is 2.34. The highest BCUT2D eigenvalue weighted by Crippen LogP contribution is 2.16. The van der Waals surface area contributed by atoms with E-state index in [4.69, 9.17) is 9.47 Å². The van der Waals surface area contributed by atoms with Crippen LogP contribution in [0.3, 0.4) is 0 Å². The zero-order valence-electron chi connectivity index (χ0n) is 10.8. The van der Waals surface area contributed by atoms with E-state index < -0.39 is 0 Å². The van der Waals surface area contributed by atoms with Crippen molar-refractivity contribution in [3.8, 4) is 11.5 Å². The first kappa shape index (κ1) is 14.3. The third kappa shape index (κ3) is 5.54. The molecule has 0 bridgehead atoms. The summed E-state index contributed by atoms with van der Waals surface area (Å²) in [5.41, 5.74) is 0. The molecule has 100 valence electrons. The summed E-state index contributed by atoms with van der Waals surface area (Å²) in [4.78, 5) is 10.8. The second-order valence-electron chi connectivity index (χ2n) is 3.60. The number of carbonyl (C=O) groups excluding carboxylic acids is 1. The Kier molecular flexibility index (Phi) is 6.64. The van der Waals surface area contributed by atoms with Crippen LogP contribution in [0, 0.1) is 0 Å². The first-order valence-electron chi connectivity index (χ1n) is 5.80. The minimum atomic E-state index is -0.210. The van der Waals surface area contributed by atoms with Crippen molar-refractivity contribution in [3.63, 3.8) is 0 Å². The van der Waals surface area contributed by atoms with E-state index in [1.165, 1.54) is 7.11 Å². The minimum Gasteiger partial charge on any atom is -0.497 e. The van der Waals surface area contributed by atoms with Crippen LogP contribution in [-0.2, 0) is 9.53 Å². The Morgan fingerprint density at radius 2 is 1.78 bits per heavy atom. The lowest BCUT2D eigenvalue weighted by molar-refractivity contribution is -0.140. The van der Waals surface area contributed by atoms with Gasteiger partial charge < -0.3 is 19.5 Å². The summed E-state index contributed by atoms with van der Waals surface area (Å²) in [5, 5.41) is 3.09. The number of nitrogens with one attached hydrogen (secondary N) is 1. The normalized spacial score (nSPS) is 9.89. The van der Waals surface area contributed by atoms with Gasteiger partial charge in [-0.1, -0.05) is 0 Å². The van der Waals surface area contributed by atoms with Gasteiger partial charge in [0.2, 0.25) is 0 Å². The van der Waals surface area contributed by atoms with Gasteiger partial charge in [0.25, 0.3) is 0 Å². The molecule has 5 heteroatoms. The molecule has 0 aliphatic carbocycles. The fraction of sp³-hybridized carbons (Fsp3) is 0.462. The largest absolute Gasteiger partial charge is 0.497 e. The number of benzene rings is 1. The van der Waals surface area contributed by atoms with Gasteiger partial charge in [-0.15, -0.1) is 0 Å². The van der Waals surface area contributed by atoms with Crippen LogP contribution in [0.15, 0.2) is 24.3 Å². The number of carbonyl (C=O) groups is 1. The molecule has 0 heterocycles. The lowest BCUT2D eigenvalue weighted by atomic mass is 10.3. The van der Waals surface area contributed by atoms with Gasteiger partial charge >= 0.3 is 5.97 Å². The van der Waals surface area contributed by atoms with Crippen molar-refractivity contribution in [1.82, 2.24) is 5.32 Å². The van der Waals surface area contributed by atoms with Crippen LogP contribution in [0.1, 0.15) is 6.42 Å². The number of ether oxygens (including phenoxy) is 3. The molecule has 1 rings (SSSR count). The predicted molar refractivity (Wildman–Crippen MR) is 68.0 cm³/mol. The van der Waals surface area contributed by atoms with Crippen molar-refractivity contribution < 1.29 is 19.0 Å². The highest BCUT2D eigenvalue weighted by Gasteiger charge is 1.98. The molecule has 5 nitrogen and oxygen atoms in total. The van der Waals surface area contributed by atoms with Crippen LogP contribution in [0.2, 0.25) is 0 Å². The van der Waals surface area contributed by atoms with Crippen molar-refractivity contribution in [3.05, 3.63) is 24.3 Å². The van der Waals surface area contributed by atoms with E-state index in [0.717, 1.165) is 11.5 Å². The SMILES string of the molecule is COC(=O)CCNCCOc1ccc(OC)cc1. The topological polar surface area (TPSA) is 56.8 Å². The molecule has 0 spiro atoms. The van der Waals surface area contributed by atoms with E-state index in [9.17, 15) is 4.79 Å². The molecule has 1 aromatic rings. The Hall–Kier alpha value is -1.75. The lowest BCUT2D eigenvalue weighted by Gasteiger charge is -2.07. The molecule has 0 aliphatic rings. The maximum atomic E-state index is 10.8. The predicted octanol–water partition coefficient (Wildman–Crippen LogP) is 1.23. The highest BCUT2D eigenvalue weighted by atomic mass is 16.5. The smallest absolute Gasteiger partial charge is 0.306 e. The molecule has 0 atom stereocenters. The number of hydrogen-bond donors (Lipinski definition) is 1. The number of methoxy groups -OCH3 is 2. The molecule has 0 aliphatic heterocycles. The van der Waals surface area contributed by atoms with Gasteiger partial charge in [-0.05, 0) is 24.3 Å². The first-order chi connectivity index (χ1) is 8.76. The van der Waals surface area contributed by atoms with E-state index in [1.807, 2.05) is 24.3 Å². The van der Waals surface area contributed by atoms with Gasteiger partial charge in [0.1, 0.15) is 18.1 Å². The molecule has 1 N–H and O–H groups in total. The second-order valence-corrected chi connectivity index (χ2v) is 3.60. The molecule has 0 unspecified atom stereocenters. The monoisotopic (exact) mass is 253 g/mol. The maximum absolute atomic E-state index is 10.8. The molecule has 0 saturated carbocycles. The summed E-state index contributed by atoms with van der Waals surface area (Å²) in [5.74, 6) is 1.39. The molecular weight excluding hydrogens is 234 g/mol. The maximum Gasteiger partial charge on any atom is 0.306 e. The van der Waals surface area contributed by atoms with Crippen LogP contribution in [0.4, 0.5) is 0 Å². The Morgan fingerprint density at radius 3 is 2.39 bits per heavy atom. The molecule has 0 fully saturated rings. The Bertz CT molecular complexity index is 351. The number of hydrogen-bond acceptors (Lipinski definition) is 5. The highest BCUT2D eigenvalue weighted by molar-refractivity contribution is 5.69. The molecular formula is C13H19NO4. The number of esters is 1. The molecule has 0 aromatic heterocycles. The van der Waals surface area contributed by atoms with Crippen molar-refractivity contribution in [2.24, 2.45) is 0 Å². The van der Waals surface area contributed by atoms with Crippen molar-refractivity contribution in [1.29, 1.82) is 0 Å². The summed E-state index contributed by atoms with van der Waals surface area (Å²) in [6, 6.07) is 7.40. The van der Waals surface area contributed by atoms with Gasteiger partial charge in [-0.3, -0.25) is 4.79 Å². The van der Waals surface area contributed by atoms with E-state index in [2.05, 4.69) is 10.1 Å². The summed E-state index contributed by atoms with van der Waals surface area (Å²) in [7, 11) is 3.01. The standard InChI is InChI=1S/C13H19NO4/c1-16-11-3-5-12(6-4-11)18-10-9-14-8-7-13(15)17-2/h3-6,14H,7-10H2,1-2H3. The van der Waals surface area contributed by atoms with Crippen LogP contribution in [-0.4, -0.2) is 39.9 Å². The molecule has 18 heavy (non-hydrogen) atoms. The average molecular weight is 253 g/mol. The van der Waals surface area contributed by atoms with Crippen LogP contribution >= 0.6 is 0 Å². The summed E-state index contributed by atoms with van der Waals surface area (Å²) in [6.07, 6.45) is 0.374. The van der Waals surface area contributed by atoms with Crippen LogP contribution in [0.5, 0.6) is 11.5 Å². The van der Waals surface area contributed by atoms with Crippen LogP contribution in [0.25, 0.3) is 0 Å². The van der Waals surface area contributed by atoms with Crippen molar-refractivity contribution in [2.75, 3.05) is 33.9 Å². The van der Waals surface area contributed by atoms with Crippen LogP contribution < -0.4 is 14.8 Å². The summed E-state index contributed by atoms with van der Waals surface area (Å²) in [6.45, 7) is 1.83. The fourth-order valence-corrected chi connectivity index (χ4v) is 1.33. The Balaban J connectivity index is 2.08. The van der Waals surface area contributed by atoms with Gasteiger partial charge in [-0.25, -0.2) is 0 Å². The number of rotatable bonds is 8. The lowest BCUT2D eigenvalue weighted by Crippen LogP contribution is -2.24. The summed E-state index contributed by atoms with van der Waals surface area (Å²) >= 11 is 0. The van der Waals surface area contributed by atoms with E-state index >= 15 is 0 Å². The fourth-order valence-electron chi connectivity index (χ4n) is 1.33. The van der Waals surface area contributed by atoms with Gasteiger partial charge in [0.15, 0.2) is 0 Å². The Labute approximate surface area is 107 Å². The van der Waals surface area contributed by atoms with E-state index in [0.29, 0.717) is 26.1 Å². The third-order valence-electron chi connectivity index (χ3n) is 2.34. The van der Waals surface area contributed by atoms with E-state index in [-0.39, 0.29) is 5.97 Å². The Morgan fingerprint density at radius 1 is 1.11 bits per heavy atom. The summed E-state index contributed by atoms with van der Waals surface area (Å²) < 4.78 is 15.1. The molecule has 0 saturated heterocycles. The molecule has 0 radical (unpaired) electrons. The van der Waals surface area contributed by atoms with Gasteiger partial charge in [0, 0.05) is 13.1 Å². The van der Waals surface area contributed by atoms with Crippen molar-refractivity contribution in [2.45, 2.75) is 6.42 Å². The first-order valence-corrected chi connectivity index (χ1v) is 5.80. The zero-order chi connectivity index (χ0) is 13.2. The molecule has 0 amide bonds. The van der Waals surface area contributed by atoms with E-state index in [1.54, 1.807) is 7.11 Å². The van der Waals surface area contributed by atoms with Crippen molar-refractivity contribution >= 4 is 5.97 Å².